The van der Waals surface area contributed by atoms with Gasteiger partial charge in [0.25, 0.3) is 0 Å². The van der Waals surface area contributed by atoms with Crippen molar-refractivity contribution in [3.8, 4) is 17.2 Å². The van der Waals surface area contributed by atoms with Crippen molar-refractivity contribution in [1.82, 2.24) is 5.32 Å². The van der Waals surface area contributed by atoms with Gasteiger partial charge >= 0.3 is 0 Å². The number of rotatable bonds is 6. The smallest absolute Gasteiger partial charge is 0.184 e. The normalized spacial score (nSPS) is 9.88. The molecule has 94 valence electrons. The maximum Gasteiger partial charge on any atom is 0.184 e. The van der Waals surface area contributed by atoms with E-state index < -0.39 is 0 Å². The van der Waals surface area contributed by atoms with Crippen molar-refractivity contribution in [1.29, 1.82) is 0 Å². The number of carbonyl (C=O) groups excluding carboxylic acids is 1. The molecule has 0 atom stereocenters. The Labute approximate surface area is 101 Å². The average Bonchev–Trinajstić information content (AvgIpc) is 2.36. The summed E-state index contributed by atoms with van der Waals surface area (Å²) in [5.74, 6) is 1.27. The minimum atomic E-state index is -0.111. The number of nitrogens with one attached hydrogen (secondary N) is 1. The van der Waals surface area contributed by atoms with Gasteiger partial charge in [-0.05, 0) is 19.2 Å². The molecule has 5 nitrogen and oxygen atoms in total. The lowest BCUT2D eigenvalue weighted by molar-refractivity contribution is 0.0987. The first-order valence-electron chi connectivity index (χ1n) is 5.16. The summed E-state index contributed by atoms with van der Waals surface area (Å²) >= 11 is 0. The Bertz CT molecular complexity index is 404. The lowest BCUT2D eigenvalue weighted by Crippen LogP contribution is -2.20. The third-order valence-corrected chi connectivity index (χ3v) is 2.34. The number of benzene rings is 1. The second-order valence-corrected chi connectivity index (χ2v) is 3.33. The molecule has 0 aliphatic heterocycles. The molecule has 1 aromatic carbocycles. The molecule has 0 heterocycles. The molecule has 0 bridgehead atoms. The minimum absolute atomic E-state index is 0.111. The van der Waals surface area contributed by atoms with E-state index in [0.29, 0.717) is 22.8 Å². The number of ether oxygens (including phenoxy) is 3. The van der Waals surface area contributed by atoms with Crippen LogP contribution in [0.4, 0.5) is 0 Å². The van der Waals surface area contributed by atoms with E-state index in [-0.39, 0.29) is 12.3 Å². The second-order valence-electron chi connectivity index (χ2n) is 3.33. The van der Waals surface area contributed by atoms with E-state index in [1.807, 2.05) is 0 Å². The highest BCUT2D eigenvalue weighted by Gasteiger charge is 2.21. The van der Waals surface area contributed by atoms with Crippen LogP contribution in [0.15, 0.2) is 12.1 Å². The molecule has 0 saturated carbocycles. The van der Waals surface area contributed by atoms with Crippen LogP contribution in [0.5, 0.6) is 17.2 Å². The van der Waals surface area contributed by atoms with Gasteiger partial charge in [0.2, 0.25) is 0 Å². The van der Waals surface area contributed by atoms with Gasteiger partial charge in [0.05, 0.1) is 27.9 Å². The van der Waals surface area contributed by atoms with E-state index in [1.54, 1.807) is 19.2 Å². The van der Waals surface area contributed by atoms with Crippen molar-refractivity contribution >= 4 is 5.78 Å². The summed E-state index contributed by atoms with van der Waals surface area (Å²) in [7, 11) is 6.23. The molecule has 1 N–H and O–H groups in total. The molecule has 17 heavy (non-hydrogen) atoms. The molecule has 0 fully saturated rings. The zero-order valence-electron chi connectivity index (χ0n) is 10.5. The molecule has 0 aliphatic carbocycles. The van der Waals surface area contributed by atoms with Gasteiger partial charge in [0.1, 0.15) is 11.3 Å². The zero-order chi connectivity index (χ0) is 12.8. The van der Waals surface area contributed by atoms with Crippen molar-refractivity contribution in [3.05, 3.63) is 17.7 Å². The van der Waals surface area contributed by atoms with E-state index in [4.69, 9.17) is 14.2 Å². The number of hydrogen-bond acceptors (Lipinski definition) is 5. The lowest BCUT2D eigenvalue weighted by Gasteiger charge is -2.15. The van der Waals surface area contributed by atoms with Crippen molar-refractivity contribution in [3.63, 3.8) is 0 Å². The standard InChI is InChI=1S/C12H17NO4/c1-13-7-8(14)11-9(15-2)5-6-10(16-3)12(11)17-4/h5-6,13H,7H2,1-4H3. The predicted octanol–water partition coefficient (Wildman–Crippen LogP) is 1.11. The summed E-state index contributed by atoms with van der Waals surface area (Å²) in [5.41, 5.74) is 0.392. The molecule has 1 rings (SSSR count). The topological polar surface area (TPSA) is 56.8 Å². The van der Waals surface area contributed by atoms with Crippen LogP contribution in [-0.2, 0) is 0 Å². The summed E-state index contributed by atoms with van der Waals surface area (Å²) in [4.78, 5) is 12.0. The molecule has 0 spiro atoms. The number of methoxy groups -OCH3 is 3. The van der Waals surface area contributed by atoms with Gasteiger partial charge in [-0.15, -0.1) is 0 Å². The zero-order valence-corrected chi connectivity index (χ0v) is 10.5. The average molecular weight is 239 g/mol. The van der Waals surface area contributed by atoms with Crippen LogP contribution in [0, 0.1) is 0 Å². The molecule has 0 aromatic heterocycles. The van der Waals surface area contributed by atoms with Gasteiger partial charge in [-0.25, -0.2) is 0 Å². The Balaban J connectivity index is 3.34. The van der Waals surface area contributed by atoms with Gasteiger partial charge in [0, 0.05) is 0 Å². The van der Waals surface area contributed by atoms with Crippen molar-refractivity contribution in [2.24, 2.45) is 0 Å². The third-order valence-electron chi connectivity index (χ3n) is 2.34. The summed E-state index contributed by atoms with van der Waals surface area (Å²) in [6, 6.07) is 3.39. The Morgan fingerprint density at radius 1 is 1.12 bits per heavy atom. The predicted molar refractivity (Wildman–Crippen MR) is 64.4 cm³/mol. The largest absolute Gasteiger partial charge is 0.496 e. The highest BCUT2D eigenvalue weighted by Crippen LogP contribution is 2.37. The summed E-state index contributed by atoms with van der Waals surface area (Å²) in [6.07, 6.45) is 0. The van der Waals surface area contributed by atoms with Crippen LogP contribution < -0.4 is 19.5 Å². The monoisotopic (exact) mass is 239 g/mol. The Hall–Kier alpha value is -1.75. The molecular formula is C12H17NO4. The summed E-state index contributed by atoms with van der Waals surface area (Å²) in [6.45, 7) is 0.208. The lowest BCUT2D eigenvalue weighted by atomic mass is 10.1. The molecule has 0 aliphatic rings. The summed E-state index contributed by atoms with van der Waals surface area (Å²) < 4.78 is 15.5. The maximum absolute atomic E-state index is 12.0. The van der Waals surface area contributed by atoms with Crippen LogP contribution in [0.2, 0.25) is 0 Å². The van der Waals surface area contributed by atoms with E-state index >= 15 is 0 Å². The number of carbonyl (C=O) groups is 1. The number of hydrogen-bond donors (Lipinski definition) is 1. The molecule has 0 amide bonds. The van der Waals surface area contributed by atoms with Gasteiger partial charge in [0.15, 0.2) is 17.3 Å². The van der Waals surface area contributed by atoms with E-state index in [9.17, 15) is 4.79 Å². The first-order valence-corrected chi connectivity index (χ1v) is 5.16. The van der Waals surface area contributed by atoms with Gasteiger partial charge < -0.3 is 19.5 Å². The first kappa shape index (κ1) is 13.3. The number of Topliss-reactive ketones (excluding diaryl/α,β-unsaturated/α-hetero) is 1. The van der Waals surface area contributed by atoms with Crippen LogP contribution >= 0.6 is 0 Å². The molecular weight excluding hydrogens is 222 g/mol. The van der Waals surface area contributed by atoms with Crippen LogP contribution in [0.25, 0.3) is 0 Å². The Morgan fingerprint density at radius 3 is 2.18 bits per heavy atom. The van der Waals surface area contributed by atoms with E-state index in [0.717, 1.165) is 0 Å². The number of likely N-dealkylation sites (N-methyl/N-ethyl adjacent to an activating group) is 1. The molecule has 0 saturated heterocycles. The highest BCUT2D eigenvalue weighted by molar-refractivity contribution is 6.03. The van der Waals surface area contributed by atoms with Crippen LogP contribution in [0.3, 0.4) is 0 Å². The molecule has 5 heteroatoms. The van der Waals surface area contributed by atoms with Gasteiger partial charge in [-0.2, -0.15) is 0 Å². The number of ketones is 1. The van der Waals surface area contributed by atoms with Crippen molar-refractivity contribution in [2.45, 2.75) is 0 Å². The van der Waals surface area contributed by atoms with Crippen LogP contribution in [-0.4, -0.2) is 40.7 Å². The fourth-order valence-corrected chi connectivity index (χ4v) is 1.59. The fraction of sp³-hybridized carbons (Fsp3) is 0.417. The minimum Gasteiger partial charge on any atom is -0.496 e. The molecule has 1 aromatic rings. The summed E-state index contributed by atoms with van der Waals surface area (Å²) in [5, 5.41) is 2.80. The van der Waals surface area contributed by atoms with E-state index in [1.165, 1.54) is 21.3 Å². The molecule has 0 radical (unpaired) electrons. The van der Waals surface area contributed by atoms with Crippen molar-refractivity contribution in [2.75, 3.05) is 34.9 Å². The van der Waals surface area contributed by atoms with E-state index in [2.05, 4.69) is 5.32 Å². The quantitative estimate of drug-likeness (QED) is 0.754. The Kier molecular flexibility index (Phi) is 4.78. The van der Waals surface area contributed by atoms with Crippen molar-refractivity contribution < 1.29 is 19.0 Å². The molecule has 0 unspecified atom stereocenters. The maximum atomic E-state index is 12.0. The van der Waals surface area contributed by atoms with Crippen LogP contribution in [0.1, 0.15) is 10.4 Å². The fourth-order valence-electron chi connectivity index (χ4n) is 1.59. The van der Waals surface area contributed by atoms with Gasteiger partial charge in [-0.3, -0.25) is 4.79 Å². The third kappa shape index (κ3) is 2.68. The second kappa shape index (κ2) is 6.10. The van der Waals surface area contributed by atoms with Gasteiger partial charge in [-0.1, -0.05) is 0 Å². The Morgan fingerprint density at radius 2 is 1.71 bits per heavy atom. The highest BCUT2D eigenvalue weighted by atomic mass is 16.5. The SMILES string of the molecule is CNCC(=O)c1c(OC)ccc(OC)c1OC. The first-order chi connectivity index (χ1) is 8.19.